The van der Waals surface area contributed by atoms with Crippen molar-refractivity contribution in [3.05, 3.63) is 0 Å². The quantitative estimate of drug-likeness (QED) is 0.453. The summed E-state index contributed by atoms with van der Waals surface area (Å²) in [6.45, 7) is 0. The van der Waals surface area contributed by atoms with Crippen LogP contribution in [0.2, 0.25) is 0 Å². The molecule has 1 spiro atoms. The van der Waals surface area contributed by atoms with Crippen LogP contribution in [0.5, 0.6) is 0 Å². The van der Waals surface area contributed by atoms with Crippen LogP contribution in [-0.4, -0.2) is 6.17 Å². The number of rotatable bonds is 0. The van der Waals surface area contributed by atoms with Crippen LogP contribution in [-0.2, 0) is 0 Å². The molecule has 0 radical (unpaired) electrons. The third-order valence-corrected chi connectivity index (χ3v) is 2.69. The molecule has 0 bridgehead atoms. The second kappa shape index (κ2) is 1.26. The predicted molar refractivity (Wildman–Crippen MR) is 30.4 cm³/mol. The van der Waals surface area contributed by atoms with Gasteiger partial charge in [0.2, 0.25) is 0 Å². The van der Waals surface area contributed by atoms with Crippen molar-refractivity contribution in [1.82, 2.24) is 0 Å². The number of alkyl halides is 1. The zero-order valence-corrected chi connectivity index (χ0v) is 4.99. The molecule has 2 fully saturated rings. The molecule has 8 heavy (non-hydrogen) atoms. The van der Waals surface area contributed by atoms with Crippen molar-refractivity contribution in [3.8, 4) is 0 Å². The monoisotopic (exact) mass is 114 g/mol. The first-order chi connectivity index (χ1) is 3.83. The van der Waals surface area contributed by atoms with E-state index in [4.69, 9.17) is 0 Å². The maximum atomic E-state index is 12.5. The highest BCUT2D eigenvalue weighted by Crippen LogP contribution is 2.59. The Labute approximate surface area is 49.1 Å². The van der Waals surface area contributed by atoms with Gasteiger partial charge >= 0.3 is 0 Å². The highest BCUT2D eigenvalue weighted by Gasteiger charge is 2.55. The van der Waals surface area contributed by atoms with E-state index in [1.807, 2.05) is 0 Å². The molecule has 2 aliphatic carbocycles. The highest BCUT2D eigenvalue weighted by molar-refractivity contribution is 5.05. The summed E-state index contributed by atoms with van der Waals surface area (Å²) < 4.78 is 12.5. The Balaban J connectivity index is 2.06. The molecule has 0 amide bonds. The molecule has 0 aliphatic heterocycles. The van der Waals surface area contributed by atoms with Gasteiger partial charge in [0.1, 0.15) is 6.17 Å². The molecule has 0 aromatic carbocycles. The fraction of sp³-hybridized carbons (Fsp3) is 1.00. The molecule has 1 heteroatoms. The van der Waals surface area contributed by atoms with E-state index in [9.17, 15) is 4.39 Å². The lowest BCUT2D eigenvalue weighted by atomic mass is 10.1. The lowest BCUT2D eigenvalue weighted by molar-refractivity contribution is 0.363. The van der Waals surface area contributed by atoms with Crippen LogP contribution in [0.1, 0.15) is 32.1 Å². The maximum Gasteiger partial charge on any atom is 0.106 e. The van der Waals surface area contributed by atoms with Crippen molar-refractivity contribution in [2.75, 3.05) is 0 Å². The largest absolute Gasteiger partial charge is 0.247 e. The topological polar surface area (TPSA) is 0 Å². The molecule has 2 saturated carbocycles. The maximum absolute atomic E-state index is 12.5. The Bertz CT molecular complexity index is 103. The van der Waals surface area contributed by atoms with E-state index in [1.165, 1.54) is 25.7 Å². The fourth-order valence-electron chi connectivity index (χ4n) is 1.89. The van der Waals surface area contributed by atoms with Gasteiger partial charge in [-0.25, -0.2) is 4.39 Å². The van der Waals surface area contributed by atoms with Gasteiger partial charge in [0.15, 0.2) is 0 Å². The molecule has 0 heterocycles. The van der Waals surface area contributed by atoms with Gasteiger partial charge in [-0.15, -0.1) is 0 Å². The fourth-order valence-corrected chi connectivity index (χ4v) is 1.89. The van der Waals surface area contributed by atoms with Crippen molar-refractivity contribution >= 4 is 0 Å². The molecule has 0 aromatic rings. The van der Waals surface area contributed by atoms with Gasteiger partial charge in [-0.3, -0.25) is 0 Å². The van der Waals surface area contributed by atoms with Crippen LogP contribution in [0.3, 0.4) is 0 Å². The zero-order valence-electron chi connectivity index (χ0n) is 4.99. The van der Waals surface area contributed by atoms with E-state index in [2.05, 4.69) is 0 Å². The van der Waals surface area contributed by atoms with E-state index in [-0.39, 0.29) is 5.41 Å². The van der Waals surface area contributed by atoms with Crippen LogP contribution >= 0.6 is 0 Å². The smallest absolute Gasteiger partial charge is 0.106 e. The first-order valence-electron chi connectivity index (χ1n) is 3.48. The Morgan fingerprint density at radius 3 is 2.00 bits per heavy atom. The summed E-state index contributed by atoms with van der Waals surface area (Å²) in [6, 6.07) is 0. The van der Waals surface area contributed by atoms with Gasteiger partial charge in [-0.1, -0.05) is 12.8 Å². The molecule has 0 unspecified atom stereocenters. The molecular weight excluding hydrogens is 103 g/mol. The van der Waals surface area contributed by atoms with Crippen molar-refractivity contribution < 1.29 is 4.39 Å². The van der Waals surface area contributed by atoms with Gasteiger partial charge in [-0.05, 0) is 19.3 Å². The van der Waals surface area contributed by atoms with Crippen LogP contribution in [0, 0.1) is 5.41 Å². The molecule has 2 rings (SSSR count). The number of halogens is 1. The van der Waals surface area contributed by atoms with Gasteiger partial charge < -0.3 is 0 Å². The molecule has 2 aliphatic rings. The van der Waals surface area contributed by atoms with Crippen molar-refractivity contribution in [2.24, 2.45) is 5.41 Å². The van der Waals surface area contributed by atoms with Crippen LogP contribution in [0.15, 0.2) is 0 Å². The Kier molecular flexibility index (Phi) is 0.750. The van der Waals surface area contributed by atoms with Crippen molar-refractivity contribution in [3.63, 3.8) is 0 Å². The summed E-state index contributed by atoms with van der Waals surface area (Å²) in [5.41, 5.74) is 0.236. The summed E-state index contributed by atoms with van der Waals surface area (Å²) in [7, 11) is 0. The van der Waals surface area contributed by atoms with Crippen LogP contribution in [0.4, 0.5) is 4.39 Å². The van der Waals surface area contributed by atoms with Gasteiger partial charge in [0, 0.05) is 5.41 Å². The third-order valence-electron chi connectivity index (χ3n) is 2.69. The first-order valence-corrected chi connectivity index (χ1v) is 3.48. The van der Waals surface area contributed by atoms with Gasteiger partial charge in [-0.2, -0.15) is 0 Å². The summed E-state index contributed by atoms with van der Waals surface area (Å²) >= 11 is 0. The summed E-state index contributed by atoms with van der Waals surface area (Å²) in [4.78, 5) is 0. The number of hydrogen-bond acceptors (Lipinski definition) is 0. The second-order valence-corrected chi connectivity index (χ2v) is 3.24. The Hall–Kier alpha value is -0.0700. The van der Waals surface area contributed by atoms with Crippen LogP contribution < -0.4 is 0 Å². The molecule has 0 nitrogen and oxygen atoms in total. The lowest BCUT2D eigenvalue weighted by Gasteiger charge is -1.99. The van der Waals surface area contributed by atoms with E-state index in [0.717, 1.165) is 6.42 Å². The average Bonchev–Trinajstić information content (AvgIpc) is 2.29. The molecule has 0 saturated heterocycles. The minimum absolute atomic E-state index is 0.236. The lowest BCUT2D eigenvalue weighted by Crippen LogP contribution is -1.94. The number of hydrogen-bond donors (Lipinski definition) is 0. The molecular formula is C7H11F. The molecule has 0 N–H and O–H groups in total. The Morgan fingerprint density at radius 2 is 1.75 bits per heavy atom. The molecule has 0 aromatic heterocycles. The summed E-state index contributed by atoms with van der Waals surface area (Å²) in [5, 5.41) is 0. The van der Waals surface area contributed by atoms with E-state index in [1.54, 1.807) is 0 Å². The predicted octanol–water partition coefficient (Wildman–Crippen LogP) is 2.29. The highest BCUT2D eigenvalue weighted by atomic mass is 19.1. The van der Waals surface area contributed by atoms with Gasteiger partial charge in [0.25, 0.3) is 0 Å². The standard InChI is InChI=1S/C7H11F/c8-6-5-7(6)3-1-2-4-7/h6H,1-5H2/t6-/m0/s1. The minimum Gasteiger partial charge on any atom is -0.247 e. The third kappa shape index (κ3) is 0.448. The zero-order chi connectivity index (χ0) is 5.61. The molecule has 46 valence electrons. The van der Waals surface area contributed by atoms with Crippen molar-refractivity contribution in [1.29, 1.82) is 0 Å². The summed E-state index contributed by atoms with van der Waals surface area (Å²) in [5.74, 6) is 0. The van der Waals surface area contributed by atoms with Crippen molar-refractivity contribution in [2.45, 2.75) is 38.3 Å². The SMILES string of the molecule is F[C@H]1CC12CCCC2. The molecule has 1 atom stereocenters. The normalized spacial score (nSPS) is 40.9. The minimum atomic E-state index is -0.412. The van der Waals surface area contributed by atoms with Gasteiger partial charge in [0.05, 0.1) is 0 Å². The Morgan fingerprint density at radius 1 is 1.25 bits per heavy atom. The first kappa shape index (κ1) is 4.78. The van der Waals surface area contributed by atoms with E-state index < -0.39 is 6.17 Å². The van der Waals surface area contributed by atoms with E-state index >= 15 is 0 Å². The summed E-state index contributed by atoms with van der Waals surface area (Å²) in [6.07, 6.45) is 5.38. The van der Waals surface area contributed by atoms with E-state index in [0.29, 0.717) is 0 Å². The average molecular weight is 114 g/mol. The second-order valence-electron chi connectivity index (χ2n) is 3.24. The van der Waals surface area contributed by atoms with Crippen LogP contribution in [0.25, 0.3) is 0 Å².